The molecule has 2 aliphatic heterocycles. The third-order valence-corrected chi connectivity index (χ3v) is 6.34. The molecule has 166 valence electrons. The van der Waals surface area contributed by atoms with Gasteiger partial charge in [0.25, 0.3) is 5.91 Å². The molecule has 0 bridgehead atoms. The van der Waals surface area contributed by atoms with Gasteiger partial charge in [0, 0.05) is 25.4 Å². The molecule has 0 unspecified atom stereocenters. The van der Waals surface area contributed by atoms with E-state index in [2.05, 4.69) is 29.4 Å². The molecule has 1 aromatic heterocycles. The normalized spacial score (nSPS) is 20.7. The van der Waals surface area contributed by atoms with Crippen LogP contribution in [0.5, 0.6) is 5.75 Å². The number of rotatable bonds is 4. The minimum atomic E-state index is -0.597. The number of ether oxygens (including phenoxy) is 2. The molecule has 2 atom stereocenters. The summed E-state index contributed by atoms with van der Waals surface area (Å²) in [5.74, 6) is 0.483. The van der Waals surface area contributed by atoms with Crippen molar-refractivity contribution in [3.05, 3.63) is 70.9 Å². The van der Waals surface area contributed by atoms with Crippen LogP contribution in [0.25, 0.3) is 11.3 Å². The number of hydrogen-bond acceptors (Lipinski definition) is 5. The molecule has 0 aliphatic carbocycles. The highest BCUT2D eigenvalue weighted by Gasteiger charge is 2.37. The van der Waals surface area contributed by atoms with Crippen molar-refractivity contribution in [1.29, 1.82) is 0 Å². The molecule has 7 nitrogen and oxygen atoms in total. The van der Waals surface area contributed by atoms with Crippen molar-refractivity contribution in [3.63, 3.8) is 0 Å². The van der Waals surface area contributed by atoms with E-state index in [0.29, 0.717) is 37.4 Å². The predicted octanol–water partition coefficient (Wildman–Crippen LogP) is 2.93. The summed E-state index contributed by atoms with van der Waals surface area (Å²) in [5, 5.41) is 14.8. The van der Waals surface area contributed by atoms with E-state index < -0.39 is 6.10 Å². The van der Waals surface area contributed by atoms with Crippen molar-refractivity contribution >= 4 is 5.91 Å². The lowest BCUT2D eigenvalue weighted by atomic mass is 9.95. The number of hydrogen-bond donors (Lipinski definition) is 1. The average Bonchev–Trinajstić information content (AvgIpc) is 3.23. The summed E-state index contributed by atoms with van der Waals surface area (Å²) >= 11 is 0. The van der Waals surface area contributed by atoms with Crippen LogP contribution in [0.3, 0.4) is 0 Å². The summed E-state index contributed by atoms with van der Waals surface area (Å²) in [6, 6.07) is 13.8. The Morgan fingerprint density at radius 3 is 2.72 bits per heavy atom. The van der Waals surface area contributed by atoms with E-state index >= 15 is 0 Å². The van der Waals surface area contributed by atoms with Gasteiger partial charge in [0.05, 0.1) is 30.0 Å². The number of aryl methyl sites for hydroxylation is 2. The highest BCUT2D eigenvalue weighted by Crippen LogP contribution is 2.32. The van der Waals surface area contributed by atoms with Gasteiger partial charge >= 0.3 is 0 Å². The molecule has 2 aliphatic rings. The summed E-state index contributed by atoms with van der Waals surface area (Å²) in [6.07, 6.45) is 2.57. The average molecular weight is 434 g/mol. The largest absolute Gasteiger partial charge is 0.472 e. The minimum Gasteiger partial charge on any atom is -0.472 e. The molecule has 3 aromatic rings. The van der Waals surface area contributed by atoms with Crippen LogP contribution in [0.1, 0.15) is 33.5 Å². The van der Waals surface area contributed by atoms with Crippen LogP contribution < -0.4 is 4.74 Å². The number of aliphatic hydroxyl groups is 1. The molecule has 1 fully saturated rings. The first-order valence-corrected chi connectivity index (χ1v) is 10.9. The van der Waals surface area contributed by atoms with Gasteiger partial charge in [-0.2, -0.15) is 5.10 Å². The topological polar surface area (TPSA) is 76.8 Å². The monoisotopic (exact) mass is 433 g/mol. The van der Waals surface area contributed by atoms with E-state index in [-0.39, 0.29) is 18.7 Å². The molecule has 1 saturated heterocycles. The zero-order valence-corrected chi connectivity index (χ0v) is 18.3. The minimum absolute atomic E-state index is 0.118. The fourth-order valence-corrected chi connectivity index (χ4v) is 4.39. The number of benzene rings is 2. The number of aromatic nitrogens is 2. The Labute approximate surface area is 187 Å². The Balaban J connectivity index is 1.38. The van der Waals surface area contributed by atoms with Crippen LogP contribution in [0, 0.1) is 6.92 Å². The van der Waals surface area contributed by atoms with Gasteiger partial charge in [-0.05, 0) is 54.7 Å². The molecule has 2 aromatic carbocycles. The number of nitrogens with zero attached hydrogens (tertiary/aromatic N) is 3. The highest BCUT2D eigenvalue weighted by molar-refractivity contribution is 5.98. The fourth-order valence-electron chi connectivity index (χ4n) is 4.39. The number of carbonyl (C=O) groups excluding carboxylic acids is 1. The van der Waals surface area contributed by atoms with Crippen molar-refractivity contribution in [2.24, 2.45) is 7.05 Å². The number of aliphatic hydroxyl groups excluding tert-OH is 1. The molecule has 3 heterocycles. The van der Waals surface area contributed by atoms with Crippen LogP contribution in [0.2, 0.25) is 0 Å². The predicted molar refractivity (Wildman–Crippen MR) is 120 cm³/mol. The van der Waals surface area contributed by atoms with E-state index in [1.54, 1.807) is 9.58 Å². The Hall–Kier alpha value is -3.16. The zero-order valence-electron chi connectivity index (χ0n) is 18.3. The summed E-state index contributed by atoms with van der Waals surface area (Å²) in [4.78, 5) is 14.8. The van der Waals surface area contributed by atoms with Crippen molar-refractivity contribution in [1.82, 2.24) is 14.7 Å². The van der Waals surface area contributed by atoms with Gasteiger partial charge in [-0.15, -0.1) is 0 Å². The third kappa shape index (κ3) is 3.89. The first-order chi connectivity index (χ1) is 15.5. The number of amides is 1. The molecule has 0 saturated carbocycles. The second-order valence-electron chi connectivity index (χ2n) is 8.57. The van der Waals surface area contributed by atoms with Gasteiger partial charge in [0.15, 0.2) is 6.73 Å². The summed E-state index contributed by atoms with van der Waals surface area (Å²) < 4.78 is 13.2. The molecule has 7 heteroatoms. The molecule has 0 spiro atoms. The van der Waals surface area contributed by atoms with Gasteiger partial charge in [0.2, 0.25) is 0 Å². The van der Waals surface area contributed by atoms with Gasteiger partial charge in [-0.3, -0.25) is 14.4 Å². The van der Waals surface area contributed by atoms with Crippen LogP contribution >= 0.6 is 0 Å². The van der Waals surface area contributed by atoms with Crippen molar-refractivity contribution < 1.29 is 19.4 Å². The van der Waals surface area contributed by atoms with E-state index in [9.17, 15) is 9.90 Å². The van der Waals surface area contributed by atoms with Crippen LogP contribution in [-0.2, 0) is 18.2 Å². The van der Waals surface area contributed by atoms with Gasteiger partial charge in [-0.25, -0.2) is 0 Å². The Kier molecular flexibility index (Phi) is 5.45. The summed E-state index contributed by atoms with van der Waals surface area (Å²) in [5.41, 5.74) is 5.88. The second kappa shape index (κ2) is 8.41. The Morgan fingerprint density at radius 2 is 2.00 bits per heavy atom. The maximum atomic E-state index is 13.3. The molecule has 1 amide bonds. The van der Waals surface area contributed by atoms with Crippen molar-refractivity contribution in [3.8, 4) is 17.0 Å². The smallest absolute Gasteiger partial charge is 0.260 e. The molecular weight excluding hydrogens is 406 g/mol. The van der Waals surface area contributed by atoms with E-state index in [1.807, 2.05) is 38.4 Å². The first kappa shape index (κ1) is 20.7. The zero-order chi connectivity index (χ0) is 22.2. The van der Waals surface area contributed by atoms with Gasteiger partial charge in [0.1, 0.15) is 5.75 Å². The lowest BCUT2D eigenvalue weighted by Crippen LogP contribution is -2.54. The molecule has 1 N–H and O–H groups in total. The van der Waals surface area contributed by atoms with Crippen LogP contribution in [-0.4, -0.2) is 57.8 Å². The first-order valence-electron chi connectivity index (χ1n) is 10.9. The third-order valence-electron chi connectivity index (χ3n) is 6.34. The van der Waals surface area contributed by atoms with Gasteiger partial charge in [-0.1, -0.05) is 24.3 Å². The lowest BCUT2D eigenvalue weighted by molar-refractivity contribution is -0.0696. The summed E-state index contributed by atoms with van der Waals surface area (Å²) in [6.45, 7) is 3.01. The van der Waals surface area contributed by atoms with E-state index in [4.69, 9.17) is 9.47 Å². The fraction of sp³-hybridized carbons (Fsp3) is 0.360. The maximum absolute atomic E-state index is 13.3. The highest BCUT2D eigenvalue weighted by atomic mass is 16.5. The van der Waals surface area contributed by atoms with Crippen molar-refractivity contribution in [2.45, 2.75) is 31.9 Å². The molecule has 32 heavy (non-hydrogen) atoms. The number of fused-ring (bicyclic) bond motifs is 1. The van der Waals surface area contributed by atoms with Crippen LogP contribution in [0.15, 0.2) is 48.7 Å². The molecular formula is C25H27N3O4. The molecule has 5 rings (SSSR count). The van der Waals surface area contributed by atoms with Gasteiger partial charge < -0.3 is 14.6 Å². The standard InChI is InChI=1S/C25H27N3O4/c1-16-11-24-20(25(30)28(15-32-24)22-14-31-10-8-23(22)29)13-19(16)12-17-3-5-18(6-4-17)21-7-9-27(2)26-21/h3-7,9,11,13,22-23,29H,8,10,12,14-15H2,1-2H3/t22-,23-/m0/s1. The summed E-state index contributed by atoms with van der Waals surface area (Å²) in [7, 11) is 1.91. The Morgan fingerprint density at radius 1 is 1.19 bits per heavy atom. The number of carbonyl (C=O) groups is 1. The quantitative estimate of drug-likeness (QED) is 0.685. The van der Waals surface area contributed by atoms with E-state index in [0.717, 1.165) is 27.9 Å². The SMILES string of the molecule is Cc1cc2c(cc1Cc1ccc(-c3ccn(C)n3)cc1)C(=O)N([C@H]1COCC[C@@H]1O)CO2. The van der Waals surface area contributed by atoms with E-state index in [1.165, 1.54) is 0 Å². The second-order valence-corrected chi connectivity index (χ2v) is 8.57. The Bertz CT molecular complexity index is 1140. The maximum Gasteiger partial charge on any atom is 0.260 e. The van der Waals surface area contributed by atoms with Crippen molar-refractivity contribution in [2.75, 3.05) is 19.9 Å². The molecule has 0 radical (unpaired) electrons. The lowest BCUT2D eigenvalue weighted by Gasteiger charge is -2.39. The van der Waals surface area contributed by atoms with Crippen LogP contribution in [0.4, 0.5) is 0 Å².